The molecule has 6 nitrogen and oxygen atoms in total. The third kappa shape index (κ3) is 4.16. The quantitative estimate of drug-likeness (QED) is 0.560. The summed E-state index contributed by atoms with van der Waals surface area (Å²) in [5, 5.41) is 13.9. The molecule has 2 aliphatic heterocycles. The summed E-state index contributed by atoms with van der Waals surface area (Å²) in [6.45, 7) is 5.51. The molecule has 1 aliphatic carbocycles. The van der Waals surface area contributed by atoms with Crippen LogP contribution in [0.3, 0.4) is 0 Å². The molecule has 2 aromatic rings. The molecule has 3 atom stereocenters. The van der Waals surface area contributed by atoms with Crippen LogP contribution in [0.1, 0.15) is 48.4 Å². The molecule has 0 radical (unpaired) electrons. The van der Waals surface area contributed by atoms with Crippen LogP contribution in [0.5, 0.6) is 0 Å². The number of thioether (sulfide) groups is 1. The highest BCUT2D eigenvalue weighted by Crippen LogP contribution is 2.38. The second-order valence-corrected chi connectivity index (χ2v) is 9.25. The van der Waals surface area contributed by atoms with Gasteiger partial charge in [-0.2, -0.15) is 16.9 Å². The predicted octanol–water partition coefficient (Wildman–Crippen LogP) is 4.54. The molecule has 0 spiro atoms. The first-order valence-corrected chi connectivity index (χ1v) is 11.7. The molecule has 0 amide bonds. The number of hydrogen-bond donors (Lipinski definition) is 3. The lowest BCUT2D eigenvalue weighted by Gasteiger charge is -2.19. The molecule has 3 aliphatic rings. The summed E-state index contributed by atoms with van der Waals surface area (Å²) in [4.78, 5) is 0. The van der Waals surface area contributed by atoms with Crippen molar-refractivity contribution in [1.82, 2.24) is 15.5 Å². The summed E-state index contributed by atoms with van der Waals surface area (Å²) in [5.74, 6) is 3.09. The van der Waals surface area contributed by atoms with Gasteiger partial charge in [0.25, 0.3) is 0 Å². The fraction of sp³-hybridized carbons (Fsp3) is 0.500. The first-order chi connectivity index (χ1) is 14.7. The van der Waals surface area contributed by atoms with Gasteiger partial charge >= 0.3 is 0 Å². The van der Waals surface area contributed by atoms with Gasteiger partial charge in [0.05, 0.1) is 18.3 Å². The van der Waals surface area contributed by atoms with Gasteiger partial charge in [-0.3, -0.25) is 5.10 Å². The Hall–Kier alpha value is -2.19. The molecule has 0 bridgehead atoms. The molecule has 8 heteroatoms. The van der Waals surface area contributed by atoms with Crippen LogP contribution in [0, 0.1) is 5.82 Å². The van der Waals surface area contributed by atoms with Gasteiger partial charge in [0.1, 0.15) is 6.10 Å². The van der Waals surface area contributed by atoms with Gasteiger partial charge in [0, 0.05) is 41.4 Å². The third-order valence-corrected chi connectivity index (χ3v) is 7.14. The van der Waals surface area contributed by atoms with E-state index in [9.17, 15) is 4.39 Å². The van der Waals surface area contributed by atoms with Gasteiger partial charge in [-0.15, -0.1) is 0 Å². The smallest absolute Gasteiger partial charge is 0.179 e. The van der Waals surface area contributed by atoms with E-state index in [1.807, 2.05) is 18.2 Å². The van der Waals surface area contributed by atoms with Crippen molar-refractivity contribution in [2.45, 2.75) is 55.3 Å². The first-order valence-electron chi connectivity index (χ1n) is 10.6. The van der Waals surface area contributed by atoms with E-state index in [4.69, 9.17) is 9.47 Å². The van der Waals surface area contributed by atoms with Crippen LogP contribution in [-0.4, -0.2) is 35.6 Å². The SMILES string of the molecule is C=C(NC1CCOC1)OC1CCC(c2cc(Nc3ccc4c(c3F)CSC4)n[nH]2)C1. The number of hydrogen-bond acceptors (Lipinski definition) is 6. The van der Waals surface area contributed by atoms with Gasteiger partial charge in [-0.1, -0.05) is 6.07 Å². The van der Waals surface area contributed by atoms with Crippen LogP contribution in [0.25, 0.3) is 0 Å². The predicted molar refractivity (Wildman–Crippen MR) is 116 cm³/mol. The minimum Gasteiger partial charge on any atom is -0.476 e. The molecule has 1 saturated carbocycles. The highest BCUT2D eigenvalue weighted by atomic mass is 32.2. The van der Waals surface area contributed by atoms with Gasteiger partial charge in [-0.25, -0.2) is 4.39 Å². The Morgan fingerprint density at radius 3 is 3.10 bits per heavy atom. The number of aromatic nitrogens is 2. The Kier molecular flexibility index (Phi) is 5.60. The van der Waals surface area contributed by atoms with Crippen molar-refractivity contribution < 1.29 is 13.9 Å². The molecular weight excluding hydrogens is 403 g/mol. The van der Waals surface area contributed by atoms with Crippen LogP contribution in [0.4, 0.5) is 15.9 Å². The van der Waals surface area contributed by atoms with E-state index >= 15 is 0 Å². The highest BCUT2D eigenvalue weighted by molar-refractivity contribution is 7.98. The Labute approximate surface area is 180 Å². The van der Waals surface area contributed by atoms with E-state index in [0.717, 1.165) is 60.6 Å². The Balaban J connectivity index is 1.17. The lowest BCUT2D eigenvalue weighted by molar-refractivity contribution is 0.100. The zero-order valence-electron chi connectivity index (χ0n) is 16.9. The van der Waals surface area contributed by atoms with E-state index in [2.05, 4.69) is 27.4 Å². The molecule has 1 saturated heterocycles. The molecule has 3 heterocycles. The highest BCUT2D eigenvalue weighted by Gasteiger charge is 2.29. The van der Waals surface area contributed by atoms with E-state index < -0.39 is 0 Å². The van der Waals surface area contributed by atoms with Crippen LogP contribution in [-0.2, 0) is 21.0 Å². The van der Waals surface area contributed by atoms with E-state index in [-0.39, 0.29) is 11.9 Å². The number of ether oxygens (including phenoxy) is 2. The number of fused-ring (bicyclic) bond motifs is 1. The normalized spacial score (nSPS) is 25.3. The molecule has 3 unspecified atom stereocenters. The molecule has 2 fully saturated rings. The van der Waals surface area contributed by atoms with Crippen molar-refractivity contribution in [3.8, 4) is 0 Å². The average Bonchev–Trinajstić information content (AvgIpc) is 3.51. The minimum absolute atomic E-state index is 0.142. The van der Waals surface area contributed by atoms with Gasteiger partial charge in [-0.05, 0) is 43.9 Å². The summed E-state index contributed by atoms with van der Waals surface area (Å²) >= 11 is 1.75. The summed E-state index contributed by atoms with van der Waals surface area (Å²) in [7, 11) is 0. The van der Waals surface area contributed by atoms with Crippen LogP contribution in [0.2, 0.25) is 0 Å². The van der Waals surface area contributed by atoms with Crippen LogP contribution < -0.4 is 10.6 Å². The van der Waals surface area contributed by atoms with Crippen molar-refractivity contribution in [2.75, 3.05) is 18.5 Å². The van der Waals surface area contributed by atoms with E-state index in [1.54, 1.807) is 11.8 Å². The number of halogens is 1. The summed E-state index contributed by atoms with van der Waals surface area (Å²) < 4.78 is 26.1. The number of nitrogens with one attached hydrogen (secondary N) is 3. The number of rotatable bonds is 7. The molecule has 30 heavy (non-hydrogen) atoms. The third-order valence-electron chi connectivity index (χ3n) is 6.13. The second kappa shape index (κ2) is 8.51. The van der Waals surface area contributed by atoms with Crippen LogP contribution >= 0.6 is 11.8 Å². The summed E-state index contributed by atoms with van der Waals surface area (Å²) in [6, 6.07) is 6.10. The maximum atomic E-state index is 14.7. The summed E-state index contributed by atoms with van der Waals surface area (Å²) in [6.07, 6.45) is 4.04. The maximum Gasteiger partial charge on any atom is 0.179 e. The second-order valence-electron chi connectivity index (χ2n) is 8.27. The molecule has 5 rings (SSSR count). The standard InChI is InChI=1S/C22H27FN4O2S/c1-13(24-16-6-7-28-10-16)29-17-4-2-14(8-17)20-9-21(27-26-20)25-19-5-3-15-11-30-12-18(15)22(19)23/h3,5,9,14,16-17,24H,1-2,4,6-8,10-12H2,(H2,25,26,27). The first kappa shape index (κ1) is 19.8. The lowest BCUT2D eigenvalue weighted by Crippen LogP contribution is -2.30. The number of aromatic amines is 1. The molecular formula is C22H27FN4O2S. The van der Waals surface area contributed by atoms with Crippen molar-refractivity contribution >= 4 is 23.3 Å². The Morgan fingerprint density at radius 2 is 2.23 bits per heavy atom. The van der Waals surface area contributed by atoms with Crippen molar-refractivity contribution in [2.24, 2.45) is 0 Å². The molecule has 160 valence electrons. The molecule has 3 N–H and O–H groups in total. The number of nitrogens with zero attached hydrogens (tertiary/aromatic N) is 1. The minimum atomic E-state index is -0.157. The zero-order chi connectivity index (χ0) is 20.5. The summed E-state index contributed by atoms with van der Waals surface area (Å²) in [5.41, 5.74) is 3.46. The fourth-order valence-corrected chi connectivity index (χ4v) is 5.61. The fourth-order valence-electron chi connectivity index (χ4n) is 4.50. The maximum absolute atomic E-state index is 14.7. The zero-order valence-corrected chi connectivity index (χ0v) is 17.7. The number of H-pyrrole nitrogens is 1. The average molecular weight is 431 g/mol. The van der Waals surface area contributed by atoms with Crippen molar-refractivity contribution in [3.05, 3.63) is 53.3 Å². The monoisotopic (exact) mass is 430 g/mol. The lowest BCUT2D eigenvalue weighted by atomic mass is 10.0. The Morgan fingerprint density at radius 1 is 1.30 bits per heavy atom. The molecule has 1 aromatic carbocycles. The van der Waals surface area contributed by atoms with Crippen molar-refractivity contribution in [3.63, 3.8) is 0 Å². The van der Waals surface area contributed by atoms with Crippen LogP contribution in [0.15, 0.2) is 30.7 Å². The largest absolute Gasteiger partial charge is 0.476 e. The van der Waals surface area contributed by atoms with Gasteiger partial charge < -0.3 is 20.1 Å². The topological polar surface area (TPSA) is 71.2 Å². The number of anilines is 2. The molecule has 1 aromatic heterocycles. The number of benzene rings is 1. The van der Waals surface area contributed by atoms with Gasteiger partial charge in [0.2, 0.25) is 0 Å². The van der Waals surface area contributed by atoms with Gasteiger partial charge in [0.15, 0.2) is 17.5 Å². The Bertz CT molecular complexity index is 928. The van der Waals surface area contributed by atoms with Crippen molar-refractivity contribution in [1.29, 1.82) is 0 Å². The van der Waals surface area contributed by atoms with E-state index in [0.29, 0.717) is 36.0 Å². The van der Waals surface area contributed by atoms with E-state index in [1.165, 1.54) is 0 Å².